The molecule has 20 heteroatoms. The average Bonchev–Trinajstić information content (AvgIpc) is 3.62. The second-order valence-corrected chi connectivity index (χ2v) is 37.8. The van der Waals surface area contributed by atoms with Crippen LogP contribution in [0.2, 0.25) is 0 Å². The van der Waals surface area contributed by atoms with Gasteiger partial charge in [0, 0.05) is 94.2 Å². The standard InChI is InChI=1S/C31H19N5O.C31H17N5O.4ClH.2K.2Pt/c2*1-2-7-26-22(6-1)23-12-10-21(19-28(23)36(26)29-9-3-4-14-32-29)37-20-11-13-24-25(18-20)31-34-16-17-35(31)27-8-5-15-33-30(24)27;;;;;;;;/h1-19H;1-17H;4*1H;;;;/q;-2;;;;;;;+2;+4/p-4. The molecular formula is C62H36Cl4K2N10O2Pt2. The van der Waals surface area contributed by atoms with Crippen molar-refractivity contribution in [1.29, 1.82) is 0 Å². The smallest absolute Gasteiger partial charge is 0.503 e. The summed E-state index contributed by atoms with van der Waals surface area (Å²) >= 11 is -0.556. The van der Waals surface area contributed by atoms with Crippen molar-refractivity contribution >= 4 is 199 Å². The van der Waals surface area contributed by atoms with E-state index in [1.165, 1.54) is 68.5 Å². The number of aromatic nitrogens is 10. The van der Waals surface area contributed by atoms with Gasteiger partial charge in [0.2, 0.25) is 0 Å². The maximum absolute atomic E-state index is 6.43. The van der Waals surface area contributed by atoms with Gasteiger partial charge < -0.3 is 18.4 Å². The van der Waals surface area contributed by atoms with E-state index in [4.69, 9.17) is 47.1 Å². The van der Waals surface area contributed by atoms with Gasteiger partial charge in [0.15, 0.2) is 0 Å². The maximum Gasteiger partial charge on any atom is 2.00 e. The molecule has 16 aromatic rings. The van der Waals surface area contributed by atoms with Gasteiger partial charge in [0.05, 0.1) is 38.7 Å². The minimum atomic E-state index is -3.06. The Labute approximate surface area is 546 Å². The van der Waals surface area contributed by atoms with E-state index in [9.17, 15) is 0 Å². The Balaban J connectivity index is 0.000000145. The predicted octanol–water partition coefficient (Wildman–Crippen LogP) is 16.2. The third-order valence-electron chi connectivity index (χ3n) is 13.7. The number of ether oxygens (including phenoxy) is 2. The van der Waals surface area contributed by atoms with Gasteiger partial charge >= 0.3 is 134 Å². The van der Waals surface area contributed by atoms with Crippen LogP contribution in [0.5, 0.6) is 23.0 Å². The van der Waals surface area contributed by atoms with Gasteiger partial charge in [0.1, 0.15) is 28.8 Å². The zero-order valence-electron chi connectivity index (χ0n) is 43.2. The van der Waals surface area contributed by atoms with Crippen molar-refractivity contribution in [2.24, 2.45) is 0 Å². The van der Waals surface area contributed by atoms with Crippen molar-refractivity contribution in [2.75, 3.05) is 0 Å². The van der Waals surface area contributed by atoms with E-state index in [1.807, 2.05) is 139 Å². The SMILES string of the molecule is [Cl][Pt]([Cl])([Cl])[Cl].[K][K].[Pt+2].[c-]1c(Oc2[c-]c3c(cc2)c2ccccc2n3-c2ccccn2)ccc2c1c1nccn1c1cccnc21.c1ccc(-n2c3ccccc3c3ccc(Oc4ccc5c(c4)c4nccn4c4cccnc54)cc32)nc1. The molecule has 0 unspecified atom stereocenters. The molecule has 0 atom stereocenters. The van der Waals surface area contributed by atoms with Crippen LogP contribution in [-0.2, 0) is 33.0 Å². The van der Waals surface area contributed by atoms with Crippen LogP contribution in [0.25, 0.3) is 110 Å². The molecule has 16 rings (SSSR count). The minimum Gasteiger partial charge on any atom is -0.503 e. The van der Waals surface area contributed by atoms with Crippen molar-refractivity contribution in [2.45, 2.75) is 0 Å². The zero-order chi connectivity index (χ0) is 55.2. The van der Waals surface area contributed by atoms with Crippen LogP contribution in [0.15, 0.2) is 219 Å². The van der Waals surface area contributed by atoms with Crippen LogP contribution < -0.4 is 9.47 Å². The quantitative estimate of drug-likeness (QED) is 0.0919. The number of rotatable bonds is 6. The summed E-state index contributed by atoms with van der Waals surface area (Å²) in [6.07, 6.45) is 14.8. The summed E-state index contributed by atoms with van der Waals surface area (Å²) in [7, 11) is 20.0. The largest absolute Gasteiger partial charge is 2.00 e. The van der Waals surface area contributed by atoms with Gasteiger partial charge in [-0.25, -0.2) is 15.0 Å². The van der Waals surface area contributed by atoms with Gasteiger partial charge in [-0.3, -0.25) is 23.9 Å². The van der Waals surface area contributed by atoms with Crippen molar-refractivity contribution in [3.63, 3.8) is 0 Å². The van der Waals surface area contributed by atoms with Crippen molar-refractivity contribution in [3.05, 3.63) is 232 Å². The molecule has 82 heavy (non-hydrogen) atoms. The summed E-state index contributed by atoms with van der Waals surface area (Å²) < 4.78 is 21.2. The van der Waals surface area contributed by atoms with E-state index in [-0.39, 0.29) is 21.1 Å². The fraction of sp³-hybridized carbons (Fsp3) is 0. The van der Waals surface area contributed by atoms with Crippen LogP contribution in [0.1, 0.15) is 0 Å². The molecule has 396 valence electrons. The molecule has 0 aliphatic heterocycles. The molecular weight excluding hydrogens is 1530 g/mol. The van der Waals surface area contributed by atoms with Crippen molar-refractivity contribution in [3.8, 4) is 34.6 Å². The fourth-order valence-corrected chi connectivity index (χ4v) is 10.5. The summed E-state index contributed by atoms with van der Waals surface area (Å²) in [5.41, 5.74) is 9.71. The monoisotopic (exact) mass is 1560 g/mol. The molecule has 0 N–H and O–H groups in total. The third-order valence-corrected chi connectivity index (χ3v) is 13.7. The Hall–Kier alpha value is -4.65. The third kappa shape index (κ3) is 11.4. The average molecular weight is 1560 g/mol. The second-order valence-electron chi connectivity index (χ2n) is 18.1. The van der Waals surface area contributed by atoms with E-state index in [0.717, 1.165) is 116 Å². The zero-order valence-corrected chi connectivity index (χ0v) is 57.0. The Morgan fingerprint density at radius 3 is 1.54 bits per heavy atom. The molecule has 0 saturated carbocycles. The Morgan fingerprint density at radius 1 is 0.390 bits per heavy atom. The molecule has 0 saturated heterocycles. The van der Waals surface area contributed by atoms with E-state index >= 15 is 0 Å². The summed E-state index contributed by atoms with van der Waals surface area (Å²) in [5.74, 6) is 4.39. The first-order valence-electron chi connectivity index (χ1n) is 25.5. The second kappa shape index (κ2) is 25.1. The molecule has 10 aromatic heterocycles. The first-order valence-corrected chi connectivity index (χ1v) is 52.8. The van der Waals surface area contributed by atoms with Crippen LogP contribution in [-0.4, -0.2) is 111 Å². The molecule has 0 aliphatic carbocycles. The fourth-order valence-electron chi connectivity index (χ4n) is 10.5. The molecule has 0 bridgehead atoms. The number of halogens is 4. The molecule has 0 spiro atoms. The number of fused-ring (bicyclic) bond motifs is 18. The number of imidazole rings is 2. The number of pyridine rings is 6. The van der Waals surface area contributed by atoms with Crippen LogP contribution in [0.4, 0.5) is 0 Å². The molecule has 12 nitrogen and oxygen atoms in total. The first kappa shape index (κ1) is 57.8. The van der Waals surface area contributed by atoms with E-state index in [2.05, 4.69) is 122 Å². The Morgan fingerprint density at radius 2 is 0.878 bits per heavy atom. The van der Waals surface area contributed by atoms with Gasteiger partial charge in [-0.15, -0.1) is 23.6 Å². The van der Waals surface area contributed by atoms with Gasteiger partial charge in [-0.1, -0.05) is 77.0 Å². The summed E-state index contributed by atoms with van der Waals surface area (Å²) in [5, 5.41) is 8.46. The Kier molecular flexibility index (Phi) is 17.7. The normalized spacial score (nSPS) is 11.7. The summed E-state index contributed by atoms with van der Waals surface area (Å²) in [6, 6.07) is 63.8. The van der Waals surface area contributed by atoms with Gasteiger partial charge in [-0.05, 0) is 96.4 Å². The Bertz CT molecular complexity index is 4710. The topological polar surface area (TPSA) is 114 Å². The molecule has 0 amide bonds. The van der Waals surface area contributed by atoms with Crippen LogP contribution in [0, 0.1) is 12.1 Å². The van der Waals surface area contributed by atoms with Crippen LogP contribution in [0.3, 0.4) is 0 Å². The number of nitrogens with zero attached hydrogens (tertiary/aromatic N) is 10. The first-order chi connectivity index (χ1) is 39.7. The van der Waals surface area contributed by atoms with E-state index in [0.29, 0.717) is 11.5 Å². The van der Waals surface area contributed by atoms with Gasteiger partial charge in [0.25, 0.3) is 0 Å². The van der Waals surface area contributed by atoms with E-state index < -0.39 is 11.9 Å². The summed E-state index contributed by atoms with van der Waals surface area (Å²) in [6.45, 7) is 0. The van der Waals surface area contributed by atoms with Crippen molar-refractivity contribution < 1.29 is 42.4 Å². The molecule has 6 aromatic carbocycles. The molecule has 10 heterocycles. The van der Waals surface area contributed by atoms with Crippen LogP contribution >= 0.6 is 37.7 Å². The molecule has 0 fully saturated rings. The summed E-state index contributed by atoms with van der Waals surface area (Å²) in [4.78, 5) is 27.7. The number of para-hydroxylation sites is 2. The number of hydrogen-bond donors (Lipinski definition) is 0. The maximum atomic E-state index is 6.43. The minimum absolute atomic E-state index is 0. The number of benzene rings is 6. The van der Waals surface area contributed by atoms with Gasteiger partial charge in [-0.2, -0.15) is 6.07 Å². The predicted molar refractivity (Wildman–Crippen MR) is 326 cm³/mol. The molecule has 0 aliphatic rings. The molecule has 0 radical (unpaired) electrons. The van der Waals surface area contributed by atoms with Crippen molar-refractivity contribution in [1.82, 2.24) is 47.8 Å². The number of hydrogen-bond acceptors (Lipinski definition) is 8. The van der Waals surface area contributed by atoms with E-state index in [1.54, 1.807) is 18.6 Å².